The van der Waals surface area contributed by atoms with Gasteiger partial charge in [0.15, 0.2) is 0 Å². The molecule has 0 aliphatic carbocycles. The first-order chi connectivity index (χ1) is 19.1. The van der Waals surface area contributed by atoms with Gasteiger partial charge in [0.05, 0.1) is 47.5 Å². The first kappa shape index (κ1) is 51.8. The number of aliphatic carboxylic acids is 4. The van der Waals surface area contributed by atoms with Crippen LogP contribution in [-0.4, -0.2) is 47.0 Å². The van der Waals surface area contributed by atoms with Crippen LogP contribution in [0, 0.1) is 45.3 Å². The quantitative estimate of drug-likeness (QED) is 0.243. The van der Waals surface area contributed by atoms with Crippen LogP contribution >= 0.6 is 0 Å². The molecule has 13 heteroatoms. The van der Waals surface area contributed by atoms with E-state index >= 15 is 0 Å². The van der Waals surface area contributed by atoms with E-state index in [4.69, 9.17) is 0 Å². The molecule has 0 saturated carbocycles. The molecule has 0 heterocycles. The maximum atomic E-state index is 11.2. The van der Waals surface area contributed by atoms with Crippen molar-refractivity contribution in [2.75, 3.05) is 0 Å². The van der Waals surface area contributed by atoms with Gasteiger partial charge in [0.25, 0.3) is 0 Å². The summed E-state index contributed by atoms with van der Waals surface area (Å²) in [6.45, 7) is 25.7. The number of Topliss-reactive ketones (excluding diaryl/α,β-unsaturated/α-hetero) is 4. The summed E-state index contributed by atoms with van der Waals surface area (Å²) in [4.78, 5) is 85.8. The van der Waals surface area contributed by atoms with E-state index in [-0.39, 0.29) is 44.9 Å². The van der Waals surface area contributed by atoms with E-state index in [1.54, 1.807) is 83.1 Å². The number of hydrogen-bond donors (Lipinski definition) is 0. The third kappa shape index (κ3) is 22.4. The third-order valence-electron chi connectivity index (χ3n) is 5.94. The number of hydrogen-bond acceptors (Lipinski definition) is 12. The summed E-state index contributed by atoms with van der Waals surface area (Å²) in [7, 11) is 0. The van der Waals surface area contributed by atoms with Crippen LogP contribution in [0.1, 0.15) is 111 Å². The smallest absolute Gasteiger partial charge is 0.549 e. The second-order valence-electron chi connectivity index (χ2n) is 14.6. The molecule has 0 N–H and O–H groups in total. The average Bonchev–Trinajstić information content (AvgIpc) is 2.83. The van der Waals surface area contributed by atoms with Crippen LogP contribution in [0.15, 0.2) is 0 Å². The Labute approximate surface area is 283 Å². The van der Waals surface area contributed by atoms with Gasteiger partial charge in [0.1, 0.15) is 23.1 Å². The molecule has 0 saturated heterocycles. The Morgan fingerprint density at radius 3 is 0.444 bits per heavy atom. The molecule has 12 nitrogen and oxygen atoms in total. The van der Waals surface area contributed by atoms with Crippen molar-refractivity contribution in [3.05, 3.63) is 0 Å². The molecule has 0 aromatic carbocycles. The van der Waals surface area contributed by atoms with Crippen molar-refractivity contribution in [2.24, 2.45) is 45.3 Å². The summed E-state index contributed by atoms with van der Waals surface area (Å²) in [6.07, 6.45) is 0. The van der Waals surface area contributed by atoms with Crippen LogP contribution in [0.25, 0.3) is 0 Å². The average molecular weight is 677 g/mol. The fourth-order valence-corrected chi connectivity index (χ4v) is 3.03. The van der Waals surface area contributed by atoms with Crippen molar-refractivity contribution in [1.82, 2.24) is 0 Å². The van der Waals surface area contributed by atoms with Crippen molar-refractivity contribution in [3.63, 3.8) is 0 Å². The van der Waals surface area contributed by atoms with Gasteiger partial charge in [-0.25, -0.2) is 0 Å². The normalized spacial score (nSPS) is 13.9. The van der Waals surface area contributed by atoms with Gasteiger partial charge >= 0.3 is 21.7 Å². The molecule has 45 heavy (non-hydrogen) atoms. The number of rotatable bonds is 8. The van der Waals surface area contributed by atoms with Gasteiger partial charge in [0.2, 0.25) is 0 Å². The van der Waals surface area contributed by atoms with E-state index in [1.807, 2.05) is 0 Å². The second-order valence-corrected chi connectivity index (χ2v) is 14.6. The molecule has 256 valence electrons. The molecule has 0 aromatic rings. The van der Waals surface area contributed by atoms with E-state index in [0.29, 0.717) is 0 Å². The summed E-state index contributed by atoms with van der Waals surface area (Å²) in [5.41, 5.74) is -2.39. The molecule has 0 aromatic heterocycles. The number of carboxylic acid groups (broad SMARTS) is 4. The fourth-order valence-electron chi connectivity index (χ4n) is 3.03. The summed E-state index contributed by atoms with van der Waals surface area (Å²) < 4.78 is 0. The van der Waals surface area contributed by atoms with E-state index < -0.39 is 69.2 Å². The SMILES string of the molecule is CC(C(=O)[O-])C(=O)C(C)(C)C.CC(C(=O)[O-])C(=O)C(C)(C)C.CC(C(=O)[O-])C(=O)C(C)(C)C.CC(C(=O)[O-])C(=O)C(C)(C)C.[Ti+4]. The van der Waals surface area contributed by atoms with Gasteiger partial charge < -0.3 is 39.6 Å². The Kier molecular flexibility index (Phi) is 23.5. The molecule has 0 fully saturated rings. The van der Waals surface area contributed by atoms with Crippen molar-refractivity contribution in [2.45, 2.75) is 111 Å². The number of ketones is 4. The minimum atomic E-state index is -1.30. The van der Waals surface area contributed by atoms with Crippen LogP contribution < -0.4 is 20.4 Å². The number of carboxylic acids is 4. The standard InChI is InChI=1S/4C8H14O3.Ti/c4*1-5(7(10)11)6(9)8(2,3)4;/h4*5H,1-4H3,(H,10,11);/q;;;;+4/p-4. The zero-order chi connectivity index (χ0) is 36.9. The first-order valence-corrected chi connectivity index (χ1v) is 14.1. The van der Waals surface area contributed by atoms with E-state index in [2.05, 4.69) is 0 Å². The molecule has 4 unspecified atom stereocenters. The fraction of sp³-hybridized carbons (Fsp3) is 0.750. The van der Waals surface area contributed by atoms with Gasteiger partial charge in [-0.1, -0.05) is 111 Å². The summed E-state index contributed by atoms with van der Waals surface area (Å²) in [5.74, 6) is -10.4. The Hall–Kier alpha value is -2.73. The van der Waals surface area contributed by atoms with Crippen LogP contribution in [-0.2, 0) is 60.1 Å². The van der Waals surface area contributed by atoms with Gasteiger partial charge in [0, 0.05) is 21.7 Å². The summed E-state index contributed by atoms with van der Waals surface area (Å²) >= 11 is 0. The van der Waals surface area contributed by atoms with E-state index in [0.717, 1.165) is 0 Å². The molecule has 0 spiro atoms. The van der Waals surface area contributed by atoms with E-state index in [9.17, 15) is 58.8 Å². The van der Waals surface area contributed by atoms with Gasteiger partial charge in [-0.3, -0.25) is 19.2 Å². The van der Waals surface area contributed by atoms with Gasteiger partial charge in [-0.15, -0.1) is 0 Å². The molecule has 4 atom stereocenters. The van der Waals surface area contributed by atoms with Crippen LogP contribution in [0.3, 0.4) is 0 Å². The first-order valence-electron chi connectivity index (χ1n) is 14.1. The minimum Gasteiger partial charge on any atom is -0.549 e. The molecule has 0 rings (SSSR count). The largest absolute Gasteiger partial charge is 4.00 e. The molecular weight excluding hydrogens is 624 g/mol. The van der Waals surface area contributed by atoms with E-state index in [1.165, 1.54) is 27.7 Å². The Balaban J connectivity index is -0.000000157. The maximum absolute atomic E-state index is 11.2. The number of carbonyl (C=O) groups is 8. The summed E-state index contributed by atoms with van der Waals surface area (Å²) in [5, 5.41) is 41.0. The Bertz CT molecular complexity index is 880. The zero-order valence-corrected chi connectivity index (χ0v) is 31.3. The monoisotopic (exact) mass is 676 g/mol. The molecule has 0 amide bonds. The predicted octanol–water partition coefficient (Wildman–Crippen LogP) is -0.0521. The molecule has 0 aliphatic heterocycles. The third-order valence-corrected chi connectivity index (χ3v) is 5.94. The predicted molar refractivity (Wildman–Crippen MR) is 155 cm³/mol. The van der Waals surface area contributed by atoms with Crippen molar-refractivity contribution in [3.8, 4) is 0 Å². The molecular formula is C32H52O12Ti. The van der Waals surface area contributed by atoms with Gasteiger partial charge in [-0.05, 0) is 0 Å². The molecule has 0 aliphatic rings. The van der Waals surface area contributed by atoms with Crippen LogP contribution in [0.5, 0.6) is 0 Å². The minimum absolute atomic E-state index is 0. The summed E-state index contributed by atoms with van der Waals surface area (Å²) in [6, 6.07) is 0. The topological polar surface area (TPSA) is 229 Å². The Morgan fingerprint density at radius 2 is 0.422 bits per heavy atom. The van der Waals surface area contributed by atoms with Crippen LogP contribution in [0.2, 0.25) is 0 Å². The molecule has 0 bridgehead atoms. The van der Waals surface area contributed by atoms with Crippen molar-refractivity contribution < 1.29 is 80.5 Å². The zero-order valence-electron chi connectivity index (χ0n) is 29.7. The van der Waals surface area contributed by atoms with Gasteiger partial charge in [-0.2, -0.15) is 0 Å². The number of carbonyl (C=O) groups excluding carboxylic acids is 8. The van der Waals surface area contributed by atoms with Crippen molar-refractivity contribution in [1.29, 1.82) is 0 Å². The van der Waals surface area contributed by atoms with Crippen LogP contribution in [0.4, 0.5) is 0 Å². The van der Waals surface area contributed by atoms with Crippen molar-refractivity contribution >= 4 is 47.0 Å². The molecule has 0 radical (unpaired) electrons. The Morgan fingerprint density at radius 1 is 0.333 bits per heavy atom. The second kappa shape index (κ2) is 20.4. The maximum Gasteiger partial charge on any atom is 4.00 e.